The molecule has 2 heterocycles. The molecule has 0 saturated carbocycles. The summed E-state index contributed by atoms with van der Waals surface area (Å²) in [6, 6.07) is 5.10. The third-order valence-corrected chi connectivity index (χ3v) is 3.24. The van der Waals surface area contributed by atoms with Crippen LogP contribution < -0.4 is 5.14 Å². The predicted octanol–water partition coefficient (Wildman–Crippen LogP) is 0.568. The van der Waals surface area contributed by atoms with Crippen LogP contribution >= 0.6 is 11.6 Å². The largest absolute Gasteiger partial charge is 0.242 e. The van der Waals surface area contributed by atoms with Gasteiger partial charge in [-0.25, -0.2) is 23.2 Å². The van der Waals surface area contributed by atoms with E-state index in [1.165, 1.54) is 4.68 Å². The van der Waals surface area contributed by atoms with Crippen molar-refractivity contribution in [3.8, 4) is 5.82 Å². The summed E-state index contributed by atoms with van der Waals surface area (Å²) in [5, 5.41) is 8.70. The number of aromatic nitrogens is 3. The first kappa shape index (κ1) is 11.1. The molecule has 84 valence electrons. The van der Waals surface area contributed by atoms with Crippen molar-refractivity contribution in [2.75, 3.05) is 0 Å². The number of nitrogens with zero attached hydrogens (tertiary/aromatic N) is 3. The van der Waals surface area contributed by atoms with E-state index in [1.54, 1.807) is 24.4 Å². The number of hydrogen-bond donors (Lipinski definition) is 1. The molecule has 2 N–H and O–H groups in total. The lowest BCUT2D eigenvalue weighted by Crippen LogP contribution is -2.12. The number of primary sulfonamides is 1. The Hall–Kier alpha value is -1.44. The number of rotatable bonds is 2. The zero-order valence-corrected chi connectivity index (χ0v) is 9.48. The Bertz CT molecular complexity index is 608. The molecular formula is C8H7ClN4O2S. The van der Waals surface area contributed by atoms with Gasteiger partial charge in [0.05, 0.1) is 6.20 Å². The summed E-state index contributed by atoms with van der Waals surface area (Å²) in [4.78, 5) is 3.76. The number of hydrogen-bond acceptors (Lipinski definition) is 4. The predicted molar refractivity (Wildman–Crippen MR) is 57.7 cm³/mol. The maximum atomic E-state index is 11.1. The van der Waals surface area contributed by atoms with E-state index in [4.69, 9.17) is 16.7 Å². The van der Waals surface area contributed by atoms with Gasteiger partial charge in [0, 0.05) is 6.20 Å². The van der Waals surface area contributed by atoms with Crippen LogP contribution in [0.4, 0.5) is 0 Å². The summed E-state index contributed by atoms with van der Waals surface area (Å²) in [6.45, 7) is 0. The molecule has 16 heavy (non-hydrogen) atoms. The first-order valence-electron chi connectivity index (χ1n) is 4.18. The molecule has 0 aromatic carbocycles. The van der Waals surface area contributed by atoms with Crippen molar-refractivity contribution in [1.82, 2.24) is 14.8 Å². The summed E-state index contributed by atoms with van der Waals surface area (Å²) in [7, 11) is -3.86. The van der Waals surface area contributed by atoms with Gasteiger partial charge < -0.3 is 0 Å². The summed E-state index contributed by atoms with van der Waals surface area (Å²) >= 11 is 5.84. The minimum Gasteiger partial charge on any atom is -0.237 e. The molecule has 2 aromatic heterocycles. The van der Waals surface area contributed by atoms with E-state index in [2.05, 4.69) is 10.1 Å². The highest BCUT2D eigenvalue weighted by atomic mass is 35.5. The Kier molecular flexibility index (Phi) is 2.66. The number of halogens is 1. The summed E-state index contributed by atoms with van der Waals surface area (Å²) < 4.78 is 23.4. The Balaban J connectivity index is 2.59. The fourth-order valence-corrected chi connectivity index (χ4v) is 2.17. The van der Waals surface area contributed by atoms with E-state index < -0.39 is 10.0 Å². The van der Waals surface area contributed by atoms with Crippen LogP contribution in [0.25, 0.3) is 5.82 Å². The zero-order valence-electron chi connectivity index (χ0n) is 7.91. The summed E-state index contributed by atoms with van der Waals surface area (Å²) in [6.07, 6.45) is 2.64. The van der Waals surface area contributed by atoms with Crippen LogP contribution in [-0.2, 0) is 10.0 Å². The third kappa shape index (κ3) is 1.92. The standard InChI is InChI=1S/C8H7ClN4O2S/c9-8-6(16(10,14)15)5-12-13(8)7-3-1-2-4-11-7/h1-5H,(H2,10,14,15). The van der Waals surface area contributed by atoms with Crippen molar-refractivity contribution in [1.29, 1.82) is 0 Å². The van der Waals surface area contributed by atoms with Crippen LogP contribution in [-0.4, -0.2) is 23.2 Å². The van der Waals surface area contributed by atoms with Gasteiger partial charge in [-0.2, -0.15) is 5.10 Å². The second-order valence-corrected chi connectivity index (χ2v) is 4.83. The van der Waals surface area contributed by atoms with E-state index in [0.29, 0.717) is 5.82 Å². The highest BCUT2D eigenvalue weighted by Gasteiger charge is 2.19. The van der Waals surface area contributed by atoms with Crippen molar-refractivity contribution < 1.29 is 8.42 Å². The molecule has 2 aromatic rings. The molecule has 0 unspecified atom stereocenters. The van der Waals surface area contributed by atoms with Crippen molar-refractivity contribution in [2.24, 2.45) is 5.14 Å². The molecule has 0 fully saturated rings. The van der Waals surface area contributed by atoms with Gasteiger partial charge in [-0.3, -0.25) is 0 Å². The van der Waals surface area contributed by atoms with E-state index in [0.717, 1.165) is 6.20 Å². The van der Waals surface area contributed by atoms with Crippen molar-refractivity contribution in [2.45, 2.75) is 4.90 Å². The van der Waals surface area contributed by atoms with Crippen LogP contribution in [0.3, 0.4) is 0 Å². The molecule has 0 radical (unpaired) electrons. The smallest absolute Gasteiger partial charge is 0.237 e. The second kappa shape index (κ2) is 3.85. The van der Waals surface area contributed by atoms with Gasteiger partial charge in [0.2, 0.25) is 10.0 Å². The average molecular weight is 259 g/mol. The number of sulfonamides is 1. The SMILES string of the molecule is NS(=O)(=O)c1cnn(-c2ccccn2)c1Cl. The van der Waals surface area contributed by atoms with Crippen molar-refractivity contribution in [3.63, 3.8) is 0 Å². The van der Waals surface area contributed by atoms with E-state index in [9.17, 15) is 8.42 Å². The van der Waals surface area contributed by atoms with Gasteiger partial charge in [0.25, 0.3) is 0 Å². The van der Waals surface area contributed by atoms with Gasteiger partial charge in [0.1, 0.15) is 4.90 Å². The lowest BCUT2D eigenvalue weighted by Gasteiger charge is -2.01. The van der Waals surface area contributed by atoms with Crippen LogP contribution in [0.15, 0.2) is 35.5 Å². The topological polar surface area (TPSA) is 90.9 Å². The van der Waals surface area contributed by atoms with Gasteiger partial charge in [-0.05, 0) is 12.1 Å². The minimum atomic E-state index is -3.86. The van der Waals surface area contributed by atoms with E-state index >= 15 is 0 Å². The Morgan fingerprint density at radius 1 is 1.38 bits per heavy atom. The highest BCUT2D eigenvalue weighted by molar-refractivity contribution is 7.89. The highest BCUT2D eigenvalue weighted by Crippen LogP contribution is 2.21. The van der Waals surface area contributed by atoms with Gasteiger partial charge in [0.15, 0.2) is 11.0 Å². The molecule has 2 rings (SSSR count). The fourth-order valence-electron chi connectivity index (χ4n) is 1.15. The molecule has 0 spiro atoms. The molecule has 0 amide bonds. The Morgan fingerprint density at radius 2 is 2.12 bits per heavy atom. The van der Waals surface area contributed by atoms with Gasteiger partial charge in [-0.1, -0.05) is 17.7 Å². The molecule has 0 aliphatic heterocycles. The maximum Gasteiger partial charge on any atom is 0.242 e. The average Bonchev–Trinajstić information content (AvgIpc) is 2.61. The van der Waals surface area contributed by atoms with Crippen LogP contribution in [0.1, 0.15) is 0 Å². The normalized spacial score (nSPS) is 11.6. The van der Waals surface area contributed by atoms with Crippen LogP contribution in [0.2, 0.25) is 5.15 Å². The van der Waals surface area contributed by atoms with Crippen LogP contribution in [0.5, 0.6) is 0 Å². The molecule has 0 saturated heterocycles. The van der Waals surface area contributed by atoms with Crippen LogP contribution in [0, 0.1) is 0 Å². The molecular weight excluding hydrogens is 252 g/mol. The summed E-state index contributed by atoms with van der Waals surface area (Å²) in [5.74, 6) is 0.419. The molecule has 0 aliphatic rings. The fraction of sp³-hybridized carbons (Fsp3) is 0. The molecule has 0 bridgehead atoms. The summed E-state index contributed by atoms with van der Waals surface area (Å²) in [5.41, 5.74) is 0. The quantitative estimate of drug-likeness (QED) is 0.852. The molecule has 8 heteroatoms. The van der Waals surface area contributed by atoms with Gasteiger partial charge >= 0.3 is 0 Å². The van der Waals surface area contributed by atoms with Crippen molar-refractivity contribution >= 4 is 21.6 Å². The lowest BCUT2D eigenvalue weighted by molar-refractivity contribution is 0.598. The minimum absolute atomic E-state index is 0.0822. The zero-order chi connectivity index (χ0) is 11.8. The molecule has 6 nitrogen and oxygen atoms in total. The number of pyridine rings is 1. The first-order chi connectivity index (χ1) is 7.50. The van der Waals surface area contributed by atoms with E-state index in [-0.39, 0.29) is 10.0 Å². The molecule has 0 aliphatic carbocycles. The third-order valence-electron chi connectivity index (χ3n) is 1.85. The van der Waals surface area contributed by atoms with E-state index in [1.807, 2.05) is 0 Å². The number of nitrogens with two attached hydrogens (primary N) is 1. The van der Waals surface area contributed by atoms with Crippen molar-refractivity contribution in [3.05, 3.63) is 35.7 Å². The Labute approximate surface area is 96.7 Å². The monoisotopic (exact) mass is 258 g/mol. The second-order valence-electron chi connectivity index (χ2n) is 2.94. The lowest BCUT2D eigenvalue weighted by atomic mass is 10.5. The molecule has 0 atom stereocenters. The van der Waals surface area contributed by atoms with Gasteiger partial charge in [-0.15, -0.1) is 0 Å². The maximum absolute atomic E-state index is 11.1. The first-order valence-corrected chi connectivity index (χ1v) is 6.10. The Morgan fingerprint density at radius 3 is 2.62 bits per heavy atom.